The molecule has 33 heavy (non-hydrogen) atoms. The second-order valence-electron chi connectivity index (χ2n) is 7.46. The third-order valence-corrected chi connectivity index (χ3v) is 6.05. The van der Waals surface area contributed by atoms with Gasteiger partial charge in [-0.15, -0.1) is 0 Å². The zero-order valence-electron chi connectivity index (χ0n) is 19.0. The summed E-state index contributed by atoms with van der Waals surface area (Å²) in [6, 6.07) is 9.49. The van der Waals surface area contributed by atoms with Gasteiger partial charge in [-0.1, -0.05) is 37.3 Å². The Morgan fingerprint density at radius 1 is 1.21 bits per heavy atom. The molecule has 12 heteroatoms. The molecular formula is C21H30N5O6P. The van der Waals surface area contributed by atoms with Crippen molar-refractivity contribution in [3.63, 3.8) is 0 Å². The van der Waals surface area contributed by atoms with E-state index in [0.29, 0.717) is 24.2 Å². The number of benzene rings is 1. The van der Waals surface area contributed by atoms with Crippen molar-refractivity contribution in [3.05, 3.63) is 42.2 Å². The molecule has 0 amide bonds. The number of imidazole rings is 1. The minimum absolute atomic E-state index is 0.109. The van der Waals surface area contributed by atoms with Gasteiger partial charge in [0.25, 0.3) is 0 Å². The van der Waals surface area contributed by atoms with Crippen molar-refractivity contribution < 1.29 is 28.2 Å². The molecular weight excluding hydrogens is 449 g/mol. The van der Waals surface area contributed by atoms with Crippen LogP contribution in [0.15, 0.2) is 36.7 Å². The van der Waals surface area contributed by atoms with Crippen molar-refractivity contribution in [1.82, 2.24) is 19.5 Å². The van der Waals surface area contributed by atoms with Crippen LogP contribution in [0, 0.1) is 0 Å². The van der Waals surface area contributed by atoms with E-state index in [4.69, 9.17) is 24.5 Å². The van der Waals surface area contributed by atoms with Crippen LogP contribution in [-0.4, -0.2) is 57.2 Å². The molecule has 2 aromatic heterocycles. The zero-order chi connectivity index (χ0) is 23.8. The summed E-state index contributed by atoms with van der Waals surface area (Å²) in [5.41, 5.74) is 7.74. The van der Waals surface area contributed by atoms with Crippen molar-refractivity contribution >= 4 is 24.6 Å². The van der Waals surface area contributed by atoms with E-state index < -0.39 is 20.0 Å². The quantitative estimate of drug-likeness (QED) is 0.277. The van der Waals surface area contributed by atoms with Crippen LogP contribution in [-0.2, 0) is 25.1 Å². The standard InChI is InChI=1S/C21H30N5O6P/c1-4-15(2)32-33(27,28)14-31-17(16-8-6-5-7-9-16)12-26-13-23-18-19(22)24-21(25-20(18)26)30-11-10-29-3/h5-9,13,15,17H,4,10-12,14H2,1-3H3,(H,27,28)(H2,22,24,25). The summed E-state index contributed by atoms with van der Waals surface area (Å²) >= 11 is 0. The lowest BCUT2D eigenvalue weighted by Gasteiger charge is -2.22. The highest BCUT2D eigenvalue weighted by atomic mass is 31.2. The summed E-state index contributed by atoms with van der Waals surface area (Å²) in [5, 5.41) is 0. The van der Waals surface area contributed by atoms with Gasteiger partial charge in [-0.25, -0.2) is 4.98 Å². The predicted molar refractivity (Wildman–Crippen MR) is 123 cm³/mol. The lowest BCUT2D eigenvalue weighted by molar-refractivity contribution is 0.0536. The Kier molecular flexibility index (Phi) is 8.76. The smallest absolute Gasteiger partial charge is 0.353 e. The van der Waals surface area contributed by atoms with Crippen molar-refractivity contribution in [2.45, 2.75) is 39.0 Å². The summed E-state index contributed by atoms with van der Waals surface area (Å²) in [5.74, 6) is 0.185. The molecule has 0 saturated heterocycles. The summed E-state index contributed by atoms with van der Waals surface area (Å²) in [6.45, 7) is 4.53. The Bertz CT molecular complexity index is 1080. The molecule has 3 aromatic rings. The van der Waals surface area contributed by atoms with Crippen molar-refractivity contribution in [2.24, 2.45) is 0 Å². The minimum atomic E-state index is -3.93. The summed E-state index contributed by atoms with van der Waals surface area (Å²) in [4.78, 5) is 23.1. The first-order valence-electron chi connectivity index (χ1n) is 10.6. The van der Waals surface area contributed by atoms with Crippen LogP contribution in [0.2, 0.25) is 0 Å². The molecule has 0 fully saturated rings. The normalized spacial score (nSPS) is 15.3. The minimum Gasteiger partial charge on any atom is -0.461 e. The number of rotatable bonds is 13. The molecule has 180 valence electrons. The molecule has 3 N–H and O–H groups in total. The topological polar surface area (TPSA) is 144 Å². The number of hydrogen-bond acceptors (Lipinski definition) is 9. The molecule has 3 unspecified atom stereocenters. The highest BCUT2D eigenvalue weighted by Crippen LogP contribution is 2.45. The molecule has 0 aliphatic heterocycles. The third-order valence-electron chi connectivity index (χ3n) is 4.88. The fraction of sp³-hybridized carbons (Fsp3) is 0.476. The lowest BCUT2D eigenvalue weighted by atomic mass is 10.1. The molecule has 0 bridgehead atoms. The average Bonchev–Trinajstić information content (AvgIpc) is 3.20. The van der Waals surface area contributed by atoms with Gasteiger partial charge in [-0.2, -0.15) is 9.97 Å². The number of nitrogens with two attached hydrogens (primary N) is 1. The van der Waals surface area contributed by atoms with E-state index in [1.54, 1.807) is 24.9 Å². The lowest BCUT2D eigenvalue weighted by Crippen LogP contribution is -2.15. The maximum atomic E-state index is 12.5. The van der Waals surface area contributed by atoms with Crippen LogP contribution in [0.4, 0.5) is 5.82 Å². The van der Waals surface area contributed by atoms with Gasteiger partial charge in [-0.3, -0.25) is 4.57 Å². The first-order valence-corrected chi connectivity index (χ1v) is 12.4. The Balaban J connectivity index is 1.84. The first-order chi connectivity index (χ1) is 15.8. The highest BCUT2D eigenvalue weighted by molar-refractivity contribution is 7.52. The Morgan fingerprint density at radius 3 is 2.67 bits per heavy atom. The second kappa shape index (κ2) is 11.5. The fourth-order valence-electron chi connectivity index (χ4n) is 3.03. The largest absolute Gasteiger partial charge is 0.461 e. The molecule has 0 spiro atoms. The van der Waals surface area contributed by atoms with Crippen molar-refractivity contribution in [3.8, 4) is 6.01 Å². The van der Waals surface area contributed by atoms with E-state index in [1.165, 1.54) is 0 Å². The average molecular weight is 479 g/mol. The van der Waals surface area contributed by atoms with Gasteiger partial charge >= 0.3 is 13.6 Å². The number of nitrogens with zero attached hydrogens (tertiary/aromatic N) is 4. The summed E-state index contributed by atoms with van der Waals surface area (Å²) < 4.78 is 35.8. The van der Waals surface area contributed by atoms with E-state index >= 15 is 0 Å². The van der Waals surface area contributed by atoms with E-state index in [2.05, 4.69) is 15.0 Å². The van der Waals surface area contributed by atoms with Gasteiger partial charge < -0.3 is 33.9 Å². The number of anilines is 1. The Hall–Kier alpha value is -2.56. The summed E-state index contributed by atoms with van der Waals surface area (Å²) in [7, 11) is -2.36. The van der Waals surface area contributed by atoms with Gasteiger partial charge in [0.05, 0.1) is 25.6 Å². The molecule has 0 saturated carbocycles. The third kappa shape index (κ3) is 6.96. The maximum Gasteiger partial charge on any atom is 0.353 e. The predicted octanol–water partition coefficient (Wildman–Crippen LogP) is 3.15. The number of nitrogen functional groups attached to an aromatic ring is 1. The fourth-order valence-corrected chi connectivity index (χ4v) is 4.17. The first kappa shape index (κ1) is 25.1. The molecule has 11 nitrogen and oxygen atoms in total. The van der Waals surface area contributed by atoms with Gasteiger partial charge in [0.2, 0.25) is 0 Å². The number of fused-ring (bicyclic) bond motifs is 1. The van der Waals surface area contributed by atoms with Gasteiger partial charge in [0.15, 0.2) is 17.0 Å². The number of hydrogen-bond donors (Lipinski definition) is 2. The number of methoxy groups -OCH3 is 1. The highest BCUT2D eigenvalue weighted by Gasteiger charge is 2.26. The summed E-state index contributed by atoms with van der Waals surface area (Å²) in [6.07, 6.45) is 0.810. The van der Waals surface area contributed by atoms with E-state index in [0.717, 1.165) is 5.56 Å². The van der Waals surface area contributed by atoms with Crippen molar-refractivity contribution in [2.75, 3.05) is 32.4 Å². The van der Waals surface area contributed by atoms with E-state index in [1.807, 2.05) is 37.3 Å². The molecule has 1 aromatic carbocycles. The van der Waals surface area contributed by atoms with Crippen LogP contribution in [0.5, 0.6) is 6.01 Å². The van der Waals surface area contributed by atoms with Crippen LogP contribution in [0.25, 0.3) is 11.2 Å². The number of aromatic nitrogens is 4. The molecule has 2 heterocycles. The van der Waals surface area contributed by atoms with Crippen molar-refractivity contribution in [1.29, 1.82) is 0 Å². The molecule has 0 aliphatic carbocycles. The zero-order valence-corrected chi connectivity index (χ0v) is 19.9. The molecule has 0 radical (unpaired) electrons. The SMILES string of the molecule is CCC(C)OP(=O)(O)COC(Cn1cnc2c(N)nc(OCCOC)nc21)c1ccccc1. The Morgan fingerprint density at radius 2 is 1.97 bits per heavy atom. The van der Waals surface area contributed by atoms with Gasteiger partial charge in [0.1, 0.15) is 19.1 Å². The number of ether oxygens (including phenoxy) is 3. The van der Waals surface area contributed by atoms with Crippen LogP contribution in [0.1, 0.15) is 31.9 Å². The second-order valence-corrected chi connectivity index (χ2v) is 9.20. The van der Waals surface area contributed by atoms with E-state index in [-0.39, 0.29) is 31.1 Å². The molecule has 3 rings (SSSR count). The monoisotopic (exact) mass is 479 g/mol. The van der Waals surface area contributed by atoms with Gasteiger partial charge in [-0.05, 0) is 18.9 Å². The van der Waals surface area contributed by atoms with E-state index in [9.17, 15) is 9.46 Å². The van der Waals surface area contributed by atoms with Crippen LogP contribution < -0.4 is 10.5 Å². The van der Waals surface area contributed by atoms with Crippen LogP contribution in [0.3, 0.4) is 0 Å². The molecule has 0 aliphatic rings. The Labute approximate surface area is 192 Å². The molecule has 3 atom stereocenters. The van der Waals surface area contributed by atoms with Crippen LogP contribution >= 0.6 is 7.60 Å². The maximum absolute atomic E-state index is 12.5. The van der Waals surface area contributed by atoms with Gasteiger partial charge in [0, 0.05) is 7.11 Å².